The van der Waals surface area contributed by atoms with Gasteiger partial charge in [0.25, 0.3) is 0 Å². The summed E-state index contributed by atoms with van der Waals surface area (Å²) in [6, 6.07) is 18.3. The summed E-state index contributed by atoms with van der Waals surface area (Å²) in [6.45, 7) is 4.78. The molecule has 0 saturated carbocycles. The zero-order chi connectivity index (χ0) is 14.5. The van der Waals surface area contributed by atoms with Crippen molar-refractivity contribution in [2.45, 2.75) is 26.2 Å². The number of rotatable bonds is 5. The van der Waals surface area contributed by atoms with E-state index in [-0.39, 0.29) is 75.2 Å². The van der Waals surface area contributed by atoms with E-state index in [9.17, 15) is 0 Å². The Morgan fingerprint density at radius 2 is 2.00 bits per heavy atom. The first-order valence-corrected chi connectivity index (χ1v) is 7.33. The first-order chi connectivity index (χ1) is 10.3. The van der Waals surface area contributed by atoms with E-state index in [1.54, 1.807) is 0 Å². The second-order valence-corrected chi connectivity index (χ2v) is 5.40. The van der Waals surface area contributed by atoms with Crippen molar-refractivity contribution in [3.63, 3.8) is 0 Å². The Morgan fingerprint density at radius 1 is 1.18 bits per heavy atom. The van der Waals surface area contributed by atoms with E-state index in [0.29, 0.717) is 5.92 Å². The van der Waals surface area contributed by atoms with Crippen LogP contribution in [0.4, 0.5) is 5.69 Å². The van der Waals surface area contributed by atoms with Gasteiger partial charge in [0.15, 0.2) is 6.29 Å². The molecular formula is C18H20CsNO2. The number of anilines is 1. The van der Waals surface area contributed by atoms with Crippen LogP contribution >= 0.6 is 0 Å². The van der Waals surface area contributed by atoms with Gasteiger partial charge in [-0.15, -0.1) is 5.92 Å². The van der Waals surface area contributed by atoms with E-state index >= 15 is 0 Å². The number of ether oxygens (including phenoxy) is 2. The Kier molecular flexibility index (Phi) is 7.84. The van der Waals surface area contributed by atoms with Gasteiger partial charge in [-0.2, -0.15) is 0 Å². The zero-order valence-electron chi connectivity index (χ0n) is 13.2. The van der Waals surface area contributed by atoms with Crippen LogP contribution in [-0.2, 0) is 11.3 Å². The Bertz CT molecular complexity index is 576. The molecule has 1 saturated heterocycles. The molecule has 1 heterocycles. The summed E-state index contributed by atoms with van der Waals surface area (Å²) >= 11 is 0. The number of hydrogen-bond acceptors (Lipinski definition) is 3. The van der Waals surface area contributed by atoms with Crippen molar-refractivity contribution >= 4 is 5.69 Å². The molecule has 0 aromatic heterocycles. The van der Waals surface area contributed by atoms with Gasteiger partial charge in [-0.25, -0.2) is 6.61 Å². The maximum Gasteiger partial charge on any atom is 1.00 e. The molecule has 0 aliphatic carbocycles. The molecule has 0 bridgehead atoms. The normalized spacial score (nSPS) is 20.2. The van der Waals surface area contributed by atoms with Crippen LogP contribution in [-0.4, -0.2) is 6.29 Å². The zero-order valence-corrected chi connectivity index (χ0v) is 19.4. The summed E-state index contributed by atoms with van der Waals surface area (Å²) in [7, 11) is 0. The molecule has 1 aliphatic rings. The maximum atomic E-state index is 5.84. The van der Waals surface area contributed by atoms with E-state index in [0.717, 1.165) is 24.4 Å². The fourth-order valence-electron chi connectivity index (χ4n) is 2.34. The number of benzene rings is 2. The Labute approximate surface area is 191 Å². The topological polar surface area (TPSA) is 30.5 Å². The van der Waals surface area contributed by atoms with Crippen LogP contribution in [0.5, 0.6) is 5.75 Å². The van der Waals surface area contributed by atoms with Gasteiger partial charge in [0.2, 0.25) is 0 Å². The third-order valence-electron chi connectivity index (χ3n) is 3.47. The van der Waals surface area contributed by atoms with Gasteiger partial charge < -0.3 is 14.8 Å². The van der Waals surface area contributed by atoms with Gasteiger partial charge in [-0.1, -0.05) is 43.3 Å². The van der Waals surface area contributed by atoms with E-state index in [1.165, 1.54) is 5.56 Å². The van der Waals surface area contributed by atoms with Crippen molar-refractivity contribution in [3.8, 4) is 5.75 Å². The number of nitrogens with one attached hydrogen (secondary N) is 1. The second-order valence-electron chi connectivity index (χ2n) is 5.40. The summed E-state index contributed by atoms with van der Waals surface area (Å²) in [5.74, 6) is 1.29. The monoisotopic (exact) mass is 415 g/mol. The van der Waals surface area contributed by atoms with Crippen LogP contribution < -0.4 is 78.9 Å². The summed E-state index contributed by atoms with van der Waals surface area (Å²) in [5, 5.41) is 3.41. The summed E-state index contributed by atoms with van der Waals surface area (Å²) in [4.78, 5) is 0. The Morgan fingerprint density at radius 3 is 2.73 bits per heavy atom. The molecule has 0 spiro atoms. The minimum absolute atomic E-state index is 0. The van der Waals surface area contributed by atoms with Crippen LogP contribution in [0.2, 0.25) is 0 Å². The number of hydrogen-bond donors (Lipinski definition) is 1. The molecular weight excluding hydrogens is 395 g/mol. The standard InChI is InChI=1S/C18H20NO2.Cs/c1-14-10-18(20-13-14)21-17-9-5-8-16(11-17)19-12-15-6-3-2-4-7-15;/h2-9,11,13-14,18-19H,10,12H2,1H3;/q-1;+1/t14-,18?;/m1./s1. The van der Waals surface area contributed by atoms with Gasteiger partial charge in [-0.05, 0) is 24.1 Å². The van der Waals surface area contributed by atoms with Crippen LogP contribution in [0.25, 0.3) is 0 Å². The van der Waals surface area contributed by atoms with Gasteiger partial charge >= 0.3 is 68.9 Å². The smallest absolute Gasteiger partial charge is 0.520 e. The molecule has 3 nitrogen and oxygen atoms in total. The molecule has 0 amide bonds. The first-order valence-electron chi connectivity index (χ1n) is 7.33. The Hall–Kier alpha value is 0.0519. The molecule has 0 radical (unpaired) electrons. The predicted molar refractivity (Wildman–Crippen MR) is 83.8 cm³/mol. The van der Waals surface area contributed by atoms with Gasteiger partial charge in [0, 0.05) is 18.3 Å². The molecule has 1 unspecified atom stereocenters. The van der Waals surface area contributed by atoms with Crippen molar-refractivity contribution in [3.05, 3.63) is 66.8 Å². The quantitative estimate of drug-likeness (QED) is 0.746. The fourth-order valence-corrected chi connectivity index (χ4v) is 2.34. The molecule has 2 atom stereocenters. The predicted octanol–water partition coefficient (Wildman–Crippen LogP) is 1.23. The SMILES string of the molecule is C[C@H]1[CH-]OC(Oc2cccc(NCc3ccccc3)c2)C1.[Cs+]. The van der Waals surface area contributed by atoms with Crippen molar-refractivity contribution in [2.24, 2.45) is 5.92 Å². The first kappa shape index (κ1) is 18.4. The van der Waals surface area contributed by atoms with Crippen molar-refractivity contribution in [1.29, 1.82) is 0 Å². The van der Waals surface area contributed by atoms with E-state index in [1.807, 2.05) is 49.1 Å². The molecule has 1 fully saturated rings. The van der Waals surface area contributed by atoms with E-state index in [4.69, 9.17) is 9.47 Å². The van der Waals surface area contributed by atoms with Crippen molar-refractivity contribution < 1.29 is 78.4 Å². The van der Waals surface area contributed by atoms with Gasteiger partial charge in [0.1, 0.15) is 5.75 Å². The van der Waals surface area contributed by atoms with Crippen LogP contribution in [0.1, 0.15) is 18.9 Å². The van der Waals surface area contributed by atoms with Crippen LogP contribution in [0, 0.1) is 12.5 Å². The van der Waals surface area contributed by atoms with Crippen LogP contribution in [0.15, 0.2) is 54.6 Å². The molecule has 1 N–H and O–H groups in total. The van der Waals surface area contributed by atoms with E-state index in [2.05, 4.69) is 24.4 Å². The molecule has 2 aromatic carbocycles. The second kappa shape index (κ2) is 9.37. The molecule has 2 aromatic rings. The average Bonchev–Trinajstić information content (AvgIpc) is 2.92. The molecule has 22 heavy (non-hydrogen) atoms. The molecule has 3 rings (SSSR count). The van der Waals surface area contributed by atoms with E-state index < -0.39 is 0 Å². The summed E-state index contributed by atoms with van der Waals surface area (Å²) in [5.41, 5.74) is 2.30. The minimum Gasteiger partial charge on any atom is -0.520 e. The van der Waals surface area contributed by atoms with Gasteiger partial charge in [-0.3, -0.25) is 0 Å². The largest absolute Gasteiger partial charge is 1.00 e. The van der Waals surface area contributed by atoms with Crippen molar-refractivity contribution in [2.75, 3.05) is 5.32 Å². The molecule has 110 valence electrons. The average molecular weight is 415 g/mol. The molecule has 1 aliphatic heterocycles. The fraction of sp³-hybridized carbons (Fsp3) is 0.278. The summed E-state index contributed by atoms with van der Waals surface area (Å²) in [6.07, 6.45) is 0.742. The minimum atomic E-state index is -0.163. The summed E-state index contributed by atoms with van der Waals surface area (Å²) < 4.78 is 11.3. The molecule has 4 heteroatoms. The van der Waals surface area contributed by atoms with Crippen LogP contribution in [0.3, 0.4) is 0 Å². The Balaban J connectivity index is 0.00000176. The maximum absolute atomic E-state index is 5.84. The third-order valence-corrected chi connectivity index (χ3v) is 3.47. The van der Waals surface area contributed by atoms with Gasteiger partial charge in [0.05, 0.1) is 0 Å². The van der Waals surface area contributed by atoms with Crippen molar-refractivity contribution in [1.82, 2.24) is 0 Å². The third kappa shape index (κ3) is 5.60.